The summed E-state index contributed by atoms with van der Waals surface area (Å²) in [5.41, 5.74) is 0. The van der Waals surface area contributed by atoms with Gasteiger partial charge in [0.25, 0.3) is 0 Å². The molecule has 0 bridgehead atoms. The lowest BCUT2D eigenvalue weighted by molar-refractivity contribution is -0.135. The zero-order valence-electron chi connectivity index (χ0n) is 18.4. The maximum Gasteiger partial charge on any atom is 0.239 e. The van der Waals surface area contributed by atoms with Gasteiger partial charge in [-0.25, -0.2) is 13.8 Å². The Balaban J connectivity index is 1.48. The van der Waals surface area contributed by atoms with Crippen LogP contribution in [0.1, 0.15) is 26.7 Å². The number of piperazine rings is 1. The van der Waals surface area contributed by atoms with Gasteiger partial charge in [0.05, 0.1) is 12.6 Å². The van der Waals surface area contributed by atoms with Crippen LogP contribution in [0.15, 0.2) is 23.2 Å². The van der Waals surface area contributed by atoms with Crippen molar-refractivity contribution in [3.05, 3.63) is 29.8 Å². The Labute approximate surface area is 183 Å². The fraction of sp³-hybridized carbons (Fsp3) is 0.636. The van der Waals surface area contributed by atoms with E-state index >= 15 is 0 Å². The first-order chi connectivity index (χ1) is 15.0. The first-order valence-electron chi connectivity index (χ1n) is 11.1. The SMILES string of the molecule is CCNC(=NCCOc1ccc(F)cc1F)N1CCN(C(C)C(=O)N2CCCC2)CC1. The van der Waals surface area contributed by atoms with Crippen LogP contribution in [0.5, 0.6) is 5.75 Å². The van der Waals surface area contributed by atoms with E-state index in [9.17, 15) is 13.6 Å². The maximum atomic E-state index is 13.7. The Bertz CT molecular complexity index is 762. The second-order valence-corrected chi connectivity index (χ2v) is 7.89. The van der Waals surface area contributed by atoms with Crippen LogP contribution >= 0.6 is 0 Å². The molecule has 2 aliphatic heterocycles. The van der Waals surface area contributed by atoms with E-state index < -0.39 is 11.6 Å². The summed E-state index contributed by atoms with van der Waals surface area (Å²) in [4.78, 5) is 23.6. The van der Waals surface area contributed by atoms with Crippen LogP contribution in [0.4, 0.5) is 8.78 Å². The molecule has 3 rings (SSSR count). The lowest BCUT2D eigenvalue weighted by Crippen LogP contribution is -2.57. The van der Waals surface area contributed by atoms with Gasteiger partial charge in [-0.2, -0.15) is 0 Å². The van der Waals surface area contributed by atoms with E-state index in [1.807, 2.05) is 18.7 Å². The second kappa shape index (κ2) is 11.3. The highest BCUT2D eigenvalue weighted by Crippen LogP contribution is 2.17. The Morgan fingerprint density at radius 1 is 1.13 bits per heavy atom. The van der Waals surface area contributed by atoms with Crippen molar-refractivity contribution < 1.29 is 18.3 Å². The number of ether oxygens (including phenoxy) is 1. The summed E-state index contributed by atoms with van der Waals surface area (Å²) in [7, 11) is 0. The molecule has 0 saturated carbocycles. The first kappa shape index (κ1) is 23.2. The minimum atomic E-state index is -0.718. The molecule has 1 aromatic rings. The van der Waals surface area contributed by atoms with Crippen LogP contribution in [0.2, 0.25) is 0 Å². The van der Waals surface area contributed by atoms with Gasteiger partial charge in [-0.3, -0.25) is 9.69 Å². The number of carbonyl (C=O) groups excluding carboxylic acids is 1. The zero-order chi connectivity index (χ0) is 22.2. The summed E-state index contributed by atoms with van der Waals surface area (Å²) in [5.74, 6) is -0.315. The van der Waals surface area contributed by atoms with Crippen LogP contribution in [0, 0.1) is 11.6 Å². The van der Waals surface area contributed by atoms with Gasteiger partial charge in [-0.1, -0.05) is 0 Å². The average molecular weight is 438 g/mol. The van der Waals surface area contributed by atoms with Gasteiger partial charge in [0.2, 0.25) is 5.91 Å². The first-order valence-corrected chi connectivity index (χ1v) is 11.1. The van der Waals surface area contributed by atoms with E-state index in [-0.39, 0.29) is 24.3 Å². The molecule has 1 N–H and O–H groups in total. The van der Waals surface area contributed by atoms with Crippen molar-refractivity contribution in [2.75, 3.05) is 59.0 Å². The molecular weight excluding hydrogens is 404 g/mol. The Kier molecular flexibility index (Phi) is 8.45. The molecule has 0 aliphatic carbocycles. The molecule has 2 fully saturated rings. The van der Waals surface area contributed by atoms with Crippen molar-refractivity contribution in [1.29, 1.82) is 0 Å². The number of guanidine groups is 1. The van der Waals surface area contributed by atoms with Crippen LogP contribution < -0.4 is 10.1 Å². The number of halogens is 2. The lowest BCUT2D eigenvalue weighted by atomic mass is 10.2. The average Bonchev–Trinajstić information content (AvgIpc) is 3.31. The Morgan fingerprint density at radius 3 is 2.48 bits per heavy atom. The van der Waals surface area contributed by atoms with Crippen molar-refractivity contribution in [2.45, 2.75) is 32.7 Å². The molecule has 31 heavy (non-hydrogen) atoms. The predicted octanol–water partition coefficient (Wildman–Crippen LogP) is 1.94. The van der Waals surface area contributed by atoms with Crippen LogP contribution in [0.25, 0.3) is 0 Å². The number of aliphatic imine (C=N–C) groups is 1. The topological polar surface area (TPSA) is 60.4 Å². The van der Waals surface area contributed by atoms with Gasteiger partial charge in [0, 0.05) is 51.9 Å². The van der Waals surface area contributed by atoms with Gasteiger partial charge < -0.3 is 19.9 Å². The molecule has 1 atom stereocenters. The van der Waals surface area contributed by atoms with Crippen molar-refractivity contribution in [1.82, 2.24) is 20.0 Å². The van der Waals surface area contributed by atoms with E-state index in [2.05, 4.69) is 20.1 Å². The van der Waals surface area contributed by atoms with Crippen LogP contribution in [-0.2, 0) is 4.79 Å². The molecular formula is C22H33F2N5O2. The lowest BCUT2D eigenvalue weighted by Gasteiger charge is -2.39. The smallest absolute Gasteiger partial charge is 0.239 e. The Morgan fingerprint density at radius 2 is 1.84 bits per heavy atom. The van der Waals surface area contributed by atoms with E-state index in [4.69, 9.17) is 4.74 Å². The Hall–Kier alpha value is -2.42. The molecule has 1 aromatic carbocycles. The van der Waals surface area contributed by atoms with Gasteiger partial charge in [0.1, 0.15) is 12.4 Å². The molecule has 7 nitrogen and oxygen atoms in total. The summed E-state index contributed by atoms with van der Waals surface area (Å²) >= 11 is 0. The zero-order valence-corrected chi connectivity index (χ0v) is 18.4. The monoisotopic (exact) mass is 437 g/mol. The number of nitrogens with zero attached hydrogens (tertiary/aromatic N) is 4. The number of carbonyl (C=O) groups is 1. The largest absolute Gasteiger partial charge is 0.489 e. The van der Waals surface area contributed by atoms with Gasteiger partial charge >= 0.3 is 0 Å². The predicted molar refractivity (Wildman–Crippen MR) is 116 cm³/mol. The van der Waals surface area contributed by atoms with Crippen molar-refractivity contribution in [3.63, 3.8) is 0 Å². The summed E-state index contributed by atoms with van der Waals surface area (Å²) in [6.07, 6.45) is 2.21. The molecule has 1 unspecified atom stereocenters. The minimum Gasteiger partial charge on any atom is -0.489 e. The highest BCUT2D eigenvalue weighted by molar-refractivity contribution is 5.82. The maximum absolute atomic E-state index is 13.7. The number of nitrogens with one attached hydrogen (secondary N) is 1. The van der Waals surface area contributed by atoms with Crippen molar-refractivity contribution in [3.8, 4) is 5.75 Å². The number of amides is 1. The molecule has 1 amide bonds. The summed E-state index contributed by atoms with van der Waals surface area (Å²) < 4.78 is 32.0. The number of rotatable bonds is 7. The summed E-state index contributed by atoms with van der Waals surface area (Å²) in [6.45, 7) is 10.2. The molecule has 9 heteroatoms. The van der Waals surface area contributed by atoms with Gasteiger partial charge in [-0.15, -0.1) is 0 Å². The molecule has 0 radical (unpaired) electrons. The normalized spacial score (nSPS) is 18.9. The third-order valence-corrected chi connectivity index (χ3v) is 5.78. The highest BCUT2D eigenvalue weighted by Gasteiger charge is 2.30. The third-order valence-electron chi connectivity index (χ3n) is 5.78. The number of benzene rings is 1. The number of hydrogen-bond donors (Lipinski definition) is 1. The number of hydrogen-bond acceptors (Lipinski definition) is 4. The molecule has 172 valence electrons. The molecule has 0 spiro atoms. The van der Waals surface area contributed by atoms with Gasteiger partial charge in [-0.05, 0) is 38.8 Å². The van der Waals surface area contributed by atoms with E-state index in [1.54, 1.807) is 0 Å². The fourth-order valence-electron chi connectivity index (χ4n) is 4.00. The van der Waals surface area contributed by atoms with Crippen molar-refractivity contribution in [2.24, 2.45) is 4.99 Å². The third kappa shape index (κ3) is 6.29. The van der Waals surface area contributed by atoms with Crippen LogP contribution in [-0.4, -0.2) is 91.6 Å². The quantitative estimate of drug-likeness (QED) is 0.401. The second-order valence-electron chi connectivity index (χ2n) is 7.89. The summed E-state index contributed by atoms with van der Waals surface area (Å²) in [6, 6.07) is 3.15. The highest BCUT2D eigenvalue weighted by atomic mass is 19.1. The minimum absolute atomic E-state index is 0.0203. The number of likely N-dealkylation sites (tertiary alicyclic amines) is 1. The molecule has 0 aromatic heterocycles. The molecule has 2 aliphatic rings. The molecule has 2 heterocycles. The fourth-order valence-corrected chi connectivity index (χ4v) is 4.00. The van der Waals surface area contributed by atoms with Crippen LogP contribution in [0.3, 0.4) is 0 Å². The van der Waals surface area contributed by atoms with E-state index in [0.29, 0.717) is 6.54 Å². The summed E-state index contributed by atoms with van der Waals surface area (Å²) in [5, 5.41) is 3.28. The van der Waals surface area contributed by atoms with E-state index in [1.165, 1.54) is 12.1 Å². The standard InChI is InChI=1S/C22H33F2N5O2/c1-3-25-22(26-8-15-31-20-7-6-18(23)16-19(20)24)29-13-11-27(12-14-29)17(2)21(30)28-9-4-5-10-28/h6-7,16-17H,3-5,8-15H2,1-2H3,(H,25,26). The van der Waals surface area contributed by atoms with E-state index in [0.717, 1.165) is 70.7 Å². The van der Waals surface area contributed by atoms with Crippen molar-refractivity contribution >= 4 is 11.9 Å². The molecule has 2 saturated heterocycles. The van der Waals surface area contributed by atoms with Gasteiger partial charge in [0.15, 0.2) is 17.5 Å².